The van der Waals surface area contributed by atoms with Gasteiger partial charge in [-0.3, -0.25) is 0 Å². The van der Waals surface area contributed by atoms with Gasteiger partial charge in [0, 0.05) is 12.7 Å². The highest BCUT2D eigenvalue weighted by Gasteiger charge is 2.16. The van der Waals surface area contributed by atoms with E-state index in [1.54, 1.807) is 6.20 Å². The highest BCUT2D eigenvalue weighted by Crippen LogP contribution is 2.26. The lowest BCUT2D eigenvalue weighted by Crippen LogP contribution is -2.20. The molecule has 1 heterocycles. The summed E-state index contributed by atoms with van der Waals surface area (Å²) in [6, 6.07) is 3.96. The van der Waals surface area contributed by atoms with Gasteiger partial charge in [-0.2, -0.15) is 0 Å². The van der Waals surface area contributed by atoms with E-state index in [-0.39, 0.29) is 0 Å². The fourth-order valence-corrected chi connectivity index (χ4v) is 2.15. The molecule has 18 heavy (non-hydrogen) atoms. The van der Waals surface area contributed by atoms with Gasteiger partial charge in [-0.25, -0.2) is 4.98 Å². The summed E-state index contributed by atoms with van der Waals surface area (Å²) in [7, 11) is 0. The Morgan fingerprint density at radius 3 is 2.67 bits per heavy atom. The number of aromatic nitrogens is 1. The Labute approximate surface area is 111 Å². The summed E-state index contributed by atoms with van der Waals surface area (Å²) in [5, 5.41) is 3.28. The quantitative estimate of drug-likeness (QED) is 0.867. The Bertz CT molecular complexity index is 322. The second kappa shape index (κ2) is 8.78. The van der Waals surface area contributed by atoms with Gasteiger partial charge in [-0.05, 0) is 44.7 Å². The molecule has 2 rings (SSSR count). The van der Waals surface area contributed by atoms with Gasteiger partial charge in [0.1, 0.15) is 6.10 Å². The fourth-order valence-electron chi connectivity index (χ4n) is 2.15. The maximum absolute atomic E-state index is 5.97. The van der Waals surface area contributed by atoms with Gasteiger partial charge < -0.3 is 10.1 Å². The average molecular weight is 250 g/mol. The van der Waals surface area contributed by atoms with Crippen LogP contribution in [-0.4, -0.2) is 17.6 Å². The number of nitrogens with zero attached hydrogens (tertiary/aromatic N) is 1. The van der Waals surface area contributed by atoms with Crippen molar-refractivity contribution in [3.8, 4) is 5.88 Å². The van der Waals surface area contributed by atoms with Gasteiger partial charge in [0.25, 0.3) is 0 Å². The van der Waals surface area contributed by atoms with Crippen LogP contribution in [0.2, 0.25) is 0 Å². The van der Waals surface area contributed by atoms with E-state index in [1.165, 1.54) is 32.1 Å². The predicted octanol–water partition coefficient (Wildman–Crippen LogP) is 4.25. The molecule has 0 saturated heterocycles. The summed E-state index contributed by atoms with van der Waals surface area (Å²) < 4.78 is 5.97. The molecule has 0 spiro atoms. The Kier molecular flexibility index (Phi) is 7.23. The largest absolute Gasteiger partial charge is 0.473 e. The number of hydrogen-bond donors (Lipinski definition) is 1. The summed E-state index contributed by atoms with van der Waals surface area (Å²) in [6.07, 6.45) is 8.41. The van der Waals surface area contributed by atoms with Crippen LogP contribution in [0.4, 0.5) is 5.69 Å². The lowest BCUT2D eigenvalue weighted by atomic mass is 9.98. The molecule has 1 aromatic rings. The summed E-state index contributed by atoms with van der Waals surface area (Å²) >= 11 is 0. The number of rotatable bonds is 4. The van der Waals surface area contributed by atoms with E-state index in [4.69, 9.17) is 4.74 Å². The molecule has 1 aliphatic carbocycles. The zero-order valence-corrected chi connectivity index (χ0v) is 11.9. The van der Waals surface area contributed by atoms with Crippen molar-refractivity contribution >= 4 is 5.69 Å². The van der Waals surface area contributed by atoms with Crippen molar-refractivity contribution in [3.63, 3.8) is 0 Å². The Hall–Kier alpha value is -1.25. The molecular formula is C15H26N2O. The number of nitrogens with one attached hydrogen (secondary N) is 1. The van der Waals surface area contributed by atoms with E-state index >= 15 is 0 Å². The SMILES string of the molecule is CC.CCNc1cccnc1OC1CCCCC1. The van der Waals surface area contributed by atoms with E-state index in [0.29, 0.717) is 6.10 Å². The normalized spacial score (nSPS) is 15.5. The maximum Gasteiger partial charge on any atom is 0.237 e. The third-order valence-corrected chi connectivity index (χ3v) is 2.97. The van der Waals surface area contributed by atoms with E-state index in [0.717, 1.165) is 18.1 Å². The molecule has 3 nitrogen and oxygen atoms in total. The smallest absolute Gasteiger partial charge is 0.237 e. The molecule has 3 heteroatoms. The van der Waals surface area contributed by atoms with Crippen molar-refractivity contribution in [1.29, 1.82) is 0 Å². The van der Waals surface area contributed by atoms with E-state index < -0.39 is 0 Å². The van der Waals surface area contributed by atoms with Gasteiger partial charge in [-0.15, -0.1) is 0 Å². The zero-order valence-electron chi connectivity index (χ0n) is 11.9. The Balaban J connectivity index is 0.000000771. The van der Waals surface area contributed by atoms with Crippen LogP contribution in [0.25, 0.3) is 0 Å². The summed E-state index contributed by atoms with van der Waals surface area (Å²) in [4.78, 5) is 4.31. The van der Waals surface area contributed by atoms with E-state index in [9.17, 15) is 0 Å². The molecule has 0 bridgehead atoms. The first-order valence-electron chi connectivity index (χ1n) is 7.25. The van der Waals surface area contributed by atoms with Crippen molar-refractivity contribution in [3.05, 3.63) is 18.3 Å². The monoisotopic (exact) mass is 250 g/mol. The summed E-state index contributed by atoms with van der Waals surface area (Å²) in [5.74, 6) is 0.760. The molecule has 102 valence electrons. The van der Waals surface area contributed by atoms with Gasteiger partial charge in [0.2, 0.25) is 5.88 Å². The van der Waals surface area contributed by atoms with Crippen molar-refractivity contribution in [2.75, 3.05) is 11.9 Å². The number of anilines is 1. The van der Waals surface area contributed by atoms with Gasteiger partial charge >= 0.3 is 0 Å². The first kappa shape index (κ1) is 14.8. The second-order valence-corrected chi connectivity index (χ2v) is 4.26. The number of ether oxygens (including phenoxy) is 1. The van der Waals surface area contributed by atoms with Crippen LogP contribution >= 0.6 is 0 Å². The Morgan fingerprint density at radius 2 is 2.00 bits per heavy atom. The minimum atomic E-state index is 0.362. The molecule has 0 aliphatic heterocycles. The lowest BCUT2D eigenvalue weighted by Gasteiger charge is -2.23. The Morgan fingerprint density at radius 1 is 1.28 bits per heavy atom. The first-order chi connectivity index (χ1) is 8.90. The molecular weight excluding hydrogens is 224 g/mol. The van der Waals surface area contributed by atoms with Gasteiger partial charge in [-0.1, -0.05) is 20.3 Å². The van der Waals surface area contributed by atoms with Crippen LogP contribution in [-0.2, 0) is 0 Å². The topological polar surface area (TPSA) is 34.2 Å². The minimum Gasteiger partial charge on any atom is -0.473 e. The van der Waals surface area contributed by atoms with Gasteiger partial charge in [0.15, 0.2) is 0 Å². The van der Waals surface area contributed by atoms with Crippen molar-refractivity contribution in [1.82, 2.24) is 4.98 Å². The van der Waals surface area contributed by atoms with Gasteiger partial charge in [0.05, 0.1) is 5.69 Å². The maximum atomic E-state index is 5.97. The van der Waals surface area contributed by atoms with Crippen LogP contribution in [0.5, 0.6) is 5.88 Å². The van der Waals surface area contributed by atoms with E-state index in [1.807, 2.05) is 26.0 Å². The van der Waals surface area contributed by atoms with Crippen molar-refractivity contribution in [2.45, 2.75) is 59.0 Å². The molecule has 1 aromatic heterocycles. The summed E-state index contributed by atoms with van der Waals surface area (Å²) in [5.41, 5.74) is 1.01. The fraction of sp³-hybridized carbons (Fsp3) is 0.667. The van der Waals surface area contributed by atoms with Crippen LogP contribution in [0.15, 0.2) is 18.3 Å². The molecule has 1 aliphatic rings. The second-order valence-electron chi connectivity index (χ2n) is 4.26. The minimum absolute atomic E-state index is 0.362. The standard InChI is InChI=1S/C13H20N2O.C2H6/c1-2-14-12-9-6-10-15-13(12)16-11-7-4-3-5-8-11;1-2/h6,9-11,14H,2-5,7-8H2,1H3;1-2H3. The molecule has 0 unspecified atom stereocenters. The van der Waals surface area contributed by atoms with Crippen LogP contribution in [0.3, 0.4) is 0 Å². The van der Waals surface area contributed by atoms with E-state index in [2.05, 4.69) is 17.2 Å². The van der Waals surface area contributed by atoms with Crippen molar-refractivity contribution < 1.29 is 4.74 Å². The van der Waals surface area contributed by atoms with Crippen LogP contribution in [0, 0.1) is 0 Å². The molecule has 0 amide bonds. The number of hydrogen-bond acceptors (Lipinski definition) is 3. The molecule has 1 fully saturated rings. The van der Waals surface area contributed by atoms with Crippen molar-refractivity contribution in [2.24, 2.45) is 0 Å². The summed E-state index contributed by atoms with van der Waals surface area (Å²) in [6.45, 7) is 6.98. The molecule has 0 aromatic carbocycles. The molecule has 1 N–H and O–H groups in total. The first-order valence-corrected chi connectivity index (χ1v) is 7.25. The third kappa shape index (κ3) is 4.55. The molecule has 1 saturated carbocycles. The lowest BCUT2D eigenvalue weighted by molar-refractivity contribution is 0.149. The van der Waals surface area contributed by atoms with Crippen LogP contribution in [0.1, 0.15) is 52.9 Å². The highest BCUT2D eigenvalue weighted by atomic mass is 16.5. The van der Waals surface area contributed by atoms with Crippen LogP contribution < -0.4 is 10.1 Å². The predicted molar refractivity (Wildman–Crippen MR) is 77.2 cm³/mol. The third-order valence-electron chi connectivity index (χ3n) is 2.97. The average Bonchev–Trinajstić information content (AvgIpc) is 2.45. The highest BCUT2D eigenvalue weighted by molar-refractivity contribution is 5.51. The number of pyridine rings is 1. The molecule has 0 atom stereocenters. The molecule has 0 radical (unpaired) electrons. The zero-order chi connectivity index (χ0) is 13.2.